The molecule has 5 fully saturated rings. The lowest BCUT2D eigenvalue weighted by molar-refractivity contribution is -0.879. The molecule has 11 atom stereocenters. The molecular weight excluding hydrogens is 1230 g/mol. The minimum absolute atomic E-state index is 0. The summed E-state index contributed by atoms with van der Waals surface area (Å²) in [4.78, 5) is 64.9. The van der Waals surface area contributed by atoms with Crippen molar-refractivity contribution >= 4 is 57.6 Å². The van der Waals surface area contributed by atoms with Gasteiger partial charge in [0.15, 0.2) is 28.9 Å². The molecule has 18 heteroatoms. The van der Waals surface area contributed by atoms with Crippen molar-refractivity contribution in [2.24, 2.45) is 34.5 Å². The monoisotopic (exact) mass is 1310 g/mol. The van der Waals surface area contributed by atoms with Crippen molar-refractivity contribution in [3.8, 4) is 5.75 Å². The second kappa shape index (κ2) is 26.4. The van der Waals surface area contributed by atoms with Crippen LogP contribution in [-0.4, -0.2) is 122 Å². The van der Waals surface area contributed by atoms with Gasteiger partial charge in [-0.1, -0.05) is 108 Å². The van der Waals surface area contributed by atoms with Crippen LogP contribution in [0.15, 0.2) is 118 Å². The number of aromatic hydroxyl groups is 1. The summed E-state index contributed by atoms with van der Waals surface area (Å²) in [7, 11) is 4.29. The fourth-order valence-electron chi connectivity index (χ4n) is 16.7. The molecule has 1 aliphatic heterocycles. The number of nitrogens with one attached hydrogen (secondary N) is 2. The van der Waals surface area contributed by atoms with E-state index in [0.29, 0.717) is 53.9 Å². The SMILES string of the molecule is CCc1cc2c(cc1CC)CC(NC[C@H](O)c1ccc(O)c3[nH]c(=O)ccc13)C2.C[C@@H]1C[C@H]2[C@@H]3CCC4=CC(=O)C=C[C@]4(C)[C@@]3(Cl)[C@@H](O)C[C@]2(C)[C@@]1(OC(=O)c1ccco1)C(=O)CCl.C[N+]1(C)CCC(OC(=O)C(O)(c2ccccc2)C2CCCC2)C1.[Br-]. The van der Waals surface area contributed by atoms with Gasteiger partial charge in [0.1, 0.15) is 12.3 Å². The van der Waals surface area contributed by atoms with Crippen molar-refractivity contribution in [3.05, 3.63) is 158 Å². The topological polar surface area (TPSA) is 226 Å². The van der Waals surface area contributed by atoms with E-state index in [1.807, 2.05) is 57.2 Å². The average Bonchev–Trinajstić information content (AvgIpc) is 1.35. The van der Waals surface area contributed by atoms with Crippen LogP contribution < -0.4 is 27.9 Å². The van der Waals surface area contributed by atoms with E-state index < -0.39 is 51.1 Å². The number of likely N-dealkylation sites (N-methyl/N-ethyl adjacent to an activating group) is 1. The highest BCUT2D eigenvalue weighted by atomic mass is 79.9. The predicted molar refractivity (Wildman–Crippen MR) is 334 cm³/mol. The van der Waals surface area contributed by atoms with Gasteiger partial charge in [0.25, 0.3) is 0 Å². The highest BCUT2D eigenvalue weighted by Gasteiger charge is 2.76. The number of aliphatic hydroxyl groups excluding tert-OH is 2. The number of aromatic nitrogens is 1. The Balaban J connectivity index is 0.000000160. The van der Waals surface area contributed by atoms with Crippen molar-refractivity contribution in [2.75, 3.05) is 39.6 Å². The van der Waals surface area contributed by atoms with Crippen LogP contribution in [-0.2, 0) is 55.1 Å². The maximum Gasteiger partial charge on any atom is 0.375 e. The molecule has 2 unspecified atom stereocenters. The lowest BCUT2D eigenvalue weighted by Gasteiger charge is -2.64. The zero-order valence-electron chi connectivity index (χ0n) is 51.6. The van der Waals surface area contributed by atoms with Crippen LogP contribution in [0.3, 0.4) is 0 Å². The number of halogens is 3. The summed E-state index contributed by atoms with van der Waals surface area (Å²) in [6, 6.07) is 23.7. The molecule has 0 bridgehead atoms. The van der Waals surface area contributed by atoms with Gasteiger partial charge in [-0.25, -0.2) is 9.59 Å². The standard InChI is InChI=1S/C27H30Cl2O6.C24H28N2O3.C19H28NO3.BrH/c1-15-11-19-18-7-6-16-12-17(30)8-9-24(16,2)26(18,29)21(31)13-25(19,3)27(15,22(32)14-28)35-23(33)20-5-4-10-34-20;1-3-14-9-16-11-18(12-17(16)10-15(14)4-2)25-13-22(28)19-5-7-21(27)24-20(19)6-8-23(29)26-24;1-20(2)13-12-17(14-20)23-18(21)19(22,16-10-6-7-11-16)15-8-4-3-5-9-15;/h4-5,8-10,12,15,18-19,21,31H,6-7,11,13-14H2,1-3H3;5-10,18,22,25,27-28H,3-4,11-13H2,1-2H3,(H,26,29);3-5,8-9,16-17,22H,6-7,10-14H2,1-2H3;1H/q;;+1;/p-1/t15-,18+,19+,21+,24+,25+,26+,27+;22-;;/m10../s1. The van der Waals surface area contributed by atoms with E-state index >= 15 is 0 Å². The number of allylic oxidation sites excluding steroid dienone is 4. The van der Waals surface area contributed by atoms with E-state index in [0.717, 1.165) is 80.9 Å². The number of rotatable bonds is 14. The number of quaternary nitrogens is 1. The highest BCUT2D eigenvalue weighted by molar-refractivity contribution is 6.29. The van der Waals surface area contributed by atoms with Crippen LogP contribution in [0.25, 0.3) is 10.9 Å². The molecule has 0 amide bonds. The molecular formula is C70H86BrCl2N3O12. The van der Waals surface area contributed by atoms with Gasteiger partial charge in [0.2, 0.25) is 11.3 Å². The summed E-state index contributed by atoms with van der Waals surface area (Å²) in [6.45, 7) is 12.5. The number of Topliss-reactive ketones (excluding diaryl/α,β-unsaturated/α-hetero) is 1. The van der Waals surface area contributed by atoms with Gasteiger partial charge in [-0.2, -0.15) is 0 Å². The molecule has 6 aliphatic carbocycles. The van der Waals surface area contributed by atoms with Crippen LogP contribution in [0.2, 0.25) is 0 Å². The number of likely N-dealkylation sites (tertiary alicyclic amines) is 1. The minimum atomic E-state index is -1.53. The van der Waals surface area contributed by atoms with Crippen molar-refractivity contribution in [1.29, 1.82) is 0 Å². The fourth-order valence-corrected chi connectivity index (χ4v) is 17.4. The van der Waals surface area contributed by atoms with Crippen molar-refractivity contribution < 1.29 is 75.0 Å². The zero-order valence-corrected chi connectivity index (χ0v) is 54.7. The molecule has 0 spiro atoms. The van der Waals surface area contributed by atoms with E-state index in [1.54, 1.807) is 24.3 Å². The van der Waals surface area contributed by atoms with Gasteiger partial charge in [-0.15, -0.1) is 23.2 Å². The van der Waals surface area contributed by atoms with Gasteiger partial charge >= 0.3 is 11.9 Å². The first-order valence-corrected chi connectivity index (χ1v) is 32.2. The number of phenols is 1. The molecule has 15 nitrogen and oxygen atoms in total. The number of nitrogens with zero attached hydrogens (tertiary/aromatic N) is 1. The number of phenolic OH excluding ortho intramolecular Hbond substituents is 1. The molecule has 1 saturated heterocycles. The van der Waals surface area contributed by atoms with Crippen LogP contribution in [0.1, 0.15) is 142 Å². The highest BCUT2D eigenvalue weighted by Crippen LogP contribution is 2.72. The number of carbonyl (C=O) groups excluding carboxylic acids is 4. The zero-order chi connectivity index (χ0) is 62.4. The van der Waals surface area contributed by atoms with E-state index in [4.69, 9.17) is 37.1 Å². The molecule has 5 aromatic rings. The first kappa shape index (κ1) is 67.0. The third-order valence-corrected chi connectivity index (χ3v) is 22.4. The molecule has 12 rings (SSSR count). The smallest absolute Gasteiger partial charge is 0.375 e. The largest absolute Gasteiger partial charge is 1.00 e. The number of aryl methyl sites for hydroxylation is 2. The first-order valence-electron chi connectivity index (χ1n) is 31.3. The van der Waals surface area contributed by atoms with E-state index in [-0.39, 0.29) is 87.7 Å². The first-order chi connectivity index (χ1) is 41.4. The summed E-state index contributed by atoms with van der Waals surface area (Å²) in [6.07, 6.45) is 15.5. The number of hydrogen-bond donors (Lipinski definition) is 6. The molecule has 0 radical (unpaired) electrons. The number of fused-ring (bicyclic) bond motifs is 7. The van der Waals surface area contributed by atoms with E-state index in [2.05, 4.69) is 50.4 Å². The summed E-state index contributed by atoms with van der Waals surface area (Å²) in [5.41, 5.74) is 3.46. The lowest BCUT2D eigenvalue weighted by atomic mass is 9.45. The summed E-state index contributed by atoms with van der Waals surface area (Å²) < 4.78 is 18.0. The third-order valence-electron chi connectivity index (χ3n) is 21.3. The number of aromatic amines is 1. The van der Waals surface area contributed by atoms with Crippen LogP contribution in [0.4, 0.5) is 0 Å². The summed E-state index contributed by atoms with van der Waals surface area (Å²) in [5.74, 6) is -2.61. The van der Waals surface area contributed by atoms with E-state index in [1.165, 1.54) is 52.8 Å². The number of benzene rings is 3. The molecule has 6 N–H and O–H groups in total. The van der Waals surface area contributed by atoms with Crippen molar-refractivity contribution in [3.63, 3.8) is 0 Å². The number of furan rings is 1. The maximum atomic E-state index is 13.6. The maximum absolute atomic E-state index is 13.6. The molecule has 474 valence electrons. The number of pyridine rings is 1. The Bertz CT molecular complexity index is 3480. The number of ether oxygens (including phenoxy) is 2. The third kappa shape index (κ3) is 12.1. The molecule has 4 saturated carbocycles. The van der Waals surface area contributed by atoms with Crippen molar-refractivity contribution in [1.82, 2.24) is 10.3 Å². The quantitative estimate of drug-likeness (QED) is 0.0361. The Morgan fingerprint density at radius 1 is 0.920 bits per heavy atom. The number of carbonyl (C=O) groups is 4. The van der Waals surface area contributed by atoms with Gasteiger partial charge in [0.05, 0.1) is 55.4 Å². The normalized spacial score (nSPS) is 29.5. The Morgan fingerprint density at radius 3 is 2.22 bits per heavy atom. The number of hydrogen-bond acceptors (Lipinski definition) is 13. The Hall–Kier alpha value is -5.43. The van der Waals surface area contributed by atoms with Gasteiger partial charge in [0, 0.05) is 53.1 Å². The van der Waals surface area contributed by atoms with Crippen LogP contribution >= 0.6 is 23.2 Å². The van der Waals surface area contributed by atoms with Crippen LogP contribution in [0.5, 0.6) is 5.75 Å². The average molecular weight is 1310 g/mol. The summed E-state index contributed by atoms with van der Waals surface area (Å²) >= 11 is 13.6. The van der Waals surface area contributed by atoms with Gasteiger partial charge < -0.3 is 66.1 Å². The van der Waals surface area contributed by atoms with Gasteiger partial charge in [-0.3, -0.25) is 14.4 Å². The second-order valence-corrected chi connectivity index (χ2v) is 27.6. The molecule has 3 aromatic carbocycles. The lowest BCUT2D eigenvalue weighted by Crippen LogP contribution is -3.00. The van der Waals surface area contributed by atoms with Crippen LogP contribution in [0, 0.1) is 34.5 Å². The number of esters is 2. The fraction of sp³-hybridized carbons (Fsp3) is 0.529. The van der Waals surface area contributed by atoms with Crippen molar-refractivity contribution in [2.45, 2.75) is 159 Å². The molecule has 7 aliphatic rings. The van der Waals surface area contributed by atoms with Gasteiger partial charge in [-0.05, 0) is 146 Å². The number of H-pyrrole nitrogens is 1. The predicted octanol–water partition coefficient (Wildman–Crippen LogP) is 7.48. The van der Waals surface area contributed by atoms with E-state index in [9.17, 15) is 44.4 Å². The molecule has 3 heterocycles. The summed E-state index contributed by atoms with van der Waals surface area (Å²) in [5, 5.41) is 48.1. The number of aliphatic hydroxyl groups is 3. The Kier molecular flexibility index (Phi) is 20.1. The Labute approximate surface area is 536 Å². The second-order valence-electron chi connectivity index (χ2n) is 26.7. The number of alkyl halides is 2. The molecule has 88 heavy (non-hydrogen) atoms. The molecule has 2 aromatic heterocycles. The number of ketones is 2. The Morgan fingerprint density at radius 2 is 1.60 bits per heavy atom. The minimum Gasteiger partial charge on any atom is -1.00 e.